The standard InChI is InChI=1S/C17H29NO/c1-4-5-6-7-8-9-10-11-12-16-13-14-17(19)15(2)18(16)3/h7-12,15-17,19H,4-6,13-14H2,1-3H3. The van der Waals surface area contributed by atoms with Crippen LogP contribution in [0.25, 0.3) is 0 Å². The second-order valence-electron chi connectivity index (χ2n) is 5.46. The summed E-state index contributed by atoms with van der Waals surface area (Å²) in [6.45, 7) is 4.31. The monoisotopic (exact) mass is 263 g/mol. The van der Waals surface area contributed by atoms with E-state index in [2.05, 4.69) is 62.3 Å². The second-order valence-corrected chi connectivity index (χ2v) is 5.46. The van der Waals surface area contributed by atoms with Crippen molar-refractivity contribution >= 4 is 0 Å². The number of likely N-dealkylation sites (N-methyl/N-ethyl adjacent to an activating group) is 1. The molecular formula is C17H29NO. The quantitative estimate of drug-likeness (QED) is 0.583. The average Bonchev–Trinajstić information content (AvgIpc) is 2.41. The van der Waals surface area contributed by atoms with Crippen LogP contribution in [0, 0.1) is 0 Å². The van der Waals surface area contributed by atoms with Gasteiger partial charge in [-0.15, -0.1) is 0 Å². The minimum absolute atomic E-state index is 0.174. The van der Waals surface area contributed by atoms with E-state index in [1.54, 1.807) is 0 Å². The molecule has 2 heteroatoms. The topological polar surface area (TPSA) is 23.5 Å². The molecule has 1 aliphatic heterocycles. The van der Waals surface area contributed by atoms with Gasteiger partial charge >= 0.3 is 0 Å². The summed E-state index contributed by atoms with van der Waals surface area (Å²) in [6.07, 6.45) is 18.3. The lowest BCUT2D eigenvalue weighted by Gasteiger charge is -2.39. The number of hydrogen-bond donors (Lipinski definition) is 1. The van der Waals surface area contributed by atoms with Crippen molar-refractivity contribution in [2.45, 2.75) is 64.1 Å². The van der Waals surface area contributed by atoms with Gasteiger partial charge in [0.25, 0.3) is 0 Å². The van der Waals surface area contributed by atoms with E-state index in [-0.39, 0.29) is 12.1 Å². The molecule has 1 saturated heterocycles. The maximum absolute atomic E-state index is 9.79. The summed E-state index contributed by atoms with van der Waals surface area (Å²) in [4.78, 5) is 2.26. The molecule has 0 aliphatic carbocycles. The largest absolute Gasteiger partial charge is 0.392 e. The highest BCUT2D eigenvalue weighted by Crippen LogP contribution is 2.22. The van der Waals surface area contributed by atoms with Crippen molar-refractivity contribution in [2.75, 3.05) is 7.05 Å². The van der Waals surface area contributed by atoms with Gasteiger partial charge in [-0.05, 0) is 33.2 Å². The SMILES string of the molecule is CCCCC=CC=CC=CC1CCC(O)C(C)N1C. The fraction of sp³-hybridized carbons (Fsp3) is 0.647. The van der Waals surface area contributed by atoms with E-state index < -0.39 is 0 Å². The van der Waals surface area contributed by atoms with E-state index in [4.69, 9.17) is 0 Å². The van der Waals surface area contributed by atoms with Crippen LogP contribution in [0.5, 0.6) is 0 Å². The Kier molecular flexibility index (Phi) is 7.76. The minimum atomic E-state index is -0.174. The smallest absolute Gasteiger partial charge is 0.0693 e. The summed E-state index contributed by atoms with van der Waals surface area (Å²) in [6, 6.07) is 0.702. The third-order valence-electron chi connectivity index (χ3n) is 4.01. The summed E-state index contributed by atoms with van der Waals surface area (Å²) in [5.41, 5.74) is 0. The van der Waals surface area contributed by atoms with Crippen LogP contribution >= 0.6 is 0 Å². The van der Waals surface area contributed by atoms with Crippen molar-refractivity contribution in [3.63, 3.8) is 0 Å². The maximum Gasteiger partial charge on any atom is 0.0693 e. The highest BCUT2D eigenvalue weighted by molar-refractivity contribution is 5.13. The molecular weight excluding hydrogens is 234 g/mol. The molecule has 3 atom stereocenters. The lowest BCUT2D eigenvalue weighted by atomic mass is 9.94. The first-order valence-electron chi connectivity index (χ1n) is 7.56. The molecule has 108 valence electrons. The van der Waals surface area contributed by atoms with Crippen LogP contribution in [0.4, 0.5) is 0 Å². The third-order valence-corrected chi connectivity index (χ3v) is 4.01. The second kappa shape index (κ2) is 9.11. The molecule has 1 N–H and O–H groups in total. The molecule has 1 aliphatic rings. The normalized spacial score (nSPS) is 30.0. The third kappa shape index (κ3) is 5.75. The van der Waals surface area contributed by atoms with Crippen molar-refractivity contribution in [3.05, 3.63) is 36.5 Å². The molecule has 0 bridgehead atoms. The number of piperidine rings is 1. The summed E-state index contributed by atoms with van der Waals surface area (Å²) in [7, 11) is 2.09. The molecule has 1 rings (SSSR count). The minimum Gasteiger partial charge on any atom is -0.392 e. The Morgan fingerprint density at radius 3 is 2.63 bits per heavy atom. The van der Waals surface area contributed by atoms with E-state index in [1.807, 2.05) is 0 Å². The van der Waals surface area contributed by atoms with Gasteiger partial charge in [0.2, 0.25) is 0 Å². The molecule has 3 unspecified atom stereocenters. The van der Waals surface area contributed by atoms with E-state index in [0.29, 0.717) is 6.04 Å². The van der Waals surface area contributed by atoms with Crippen LogP contribution in [0.3, 0.4) is 0 Å². The molecule has 1 fully saturated rings. The number of aliphatic hydroxyl groups is 1. The van der Waals surface area contributed by atoms with Crippen LogP contribution in [0.15, 0.2) is 36.5 Å². The van der Waals surface area contributed by atoms with Crippen molar-refractivity contribution in [2.24, 2.45) is 0 Å². The summed E-state index contributed by atoms with van der Waals surface area (Å²) in [5.74, 6) is 0. The summed E-state index contributed by atoms with van der Waals surface area (Å²) in [5, 5.41) is 9.79. The Morgan fingerprint density at radius 1 is 1.16 bits per heavy atom. The van der Waals surface area contributed by atoms with E-state index in [0.717, 1.165) is 12.8 Å². The van der Waals surface area contributed by atoms with Gasteiger partial charge in [0.15, 0.2) is 0 Å². The number of hydrogen-bond acceptors (Lipinski definition) is 2. The molecule has 0 radical (unpaired) electrons. The van der Waals surface area contributed by atoms with Gasteiger partial charge in [-0.3, -0.25) is 4.90 Å². The Bertz CT molecular complexity index is 319. The average molecular weight is 263 g/mol. The van der Waals surface area contributed by atoms with Gasteiger partial charge < -0.3 is 5.11 Å². The number of rotatable bonds is 6. The highest BCUT2D eigenvalue weighted by atomic mass is 16.3. The number of allylic oxidation sites excluding steroid dienone is 5. The molecule has 0 saturated carbocycles. The first-order valence-corrected chi connectivity index (χ1v) is 7.56. The molecule has 0 aromatic rings. The fourth-order valence-corrected chi connectivity index (χ4v) is 2.41. The first-order chi connectivity index (χ1) is 9.16. The van der Waals surface area contributed by atoms with Crippen LogP contribution in [0.1, 0.15) is 46.0 Å². The van der Waals surface area contributed by atoms with Gasteiger partial charge in [-0.25, -0.2) is 0 Å². The van der Waals surface area contributed by atoms with Crippen molar-refractivity contribution in [1.29, 1.82) is 0 Å². The number of nitrogens with zero attached hydrogens (tertiary/aromatic N) is 1. The van der Waals surface area contributed by atoms with Crippen molar-refractivity contribution < 1.29 is 5.11 Å². The lowest BCUT2D eigenvalue weighted by molar-refractivity contribution is 0.0153. The van der Waals surface area contributed by atoms with E-state index in [1.165, 1.54) is 19.3 Å². The van der Waals surface area contributed by atoms with Crippen molar-refractivity contribution in [3.8, 4) is 0 Å². The van der Waals surface area contributed by atoms with Gasteiger partial charge in [-0.2, -0.15) is 0 Å². The first kappa shape index (κ1) is 16.2. The zero-order chi connectivity index (χ0) is 14.1. The summed E-state index contributed by atoms with van der Waals surface area (Å²) < 4.78 is 0. The molecule has 2 nitrogen and oxygen atoms in total. The predicted molar refractivity (Wildman–Crippen MR) is 83.2 cm³/mol. The van der Waals surface area contributed by atoms with E-state index in [9.17, 15) is 5.11 Å². The number of likely N-dealkylation sites (tertiary alicyclic amines) is 1. The Labute approximate surface area is 118 Å². The molecule has 0 spiro atoms. The van der Waals surface area contributed by atoms with Crippen molar-refractivity contribution in [1.82, 2.24) is 4.90 Å². The fourth-order valence-electron chi connectivity index (χ4n) is 2.41. The molecule has 19 heavy (non-hydrogen) atoms. The van der Waals surface area contributed by atoms with Crippen LogP contribution < -0.4 is 0 Å². The molecule has 0 aromatic heterocycles. The zero-order valence-corrected chi connectivity index (χ0v) is 12.6. The maximum atomic E-state index is 9.79. The molecule has 0 aromatic carbocycles. The molecule has 1 heterocycles. The van der Waals surface area contributed by atoms with Crippen LogP contribution in [-0.2, 0) is 0 Å². The lowest BCUT2D eigenvalue weighted by Crippen LogP contribution is -2.48. The van der Waals surface area contributed by atoms with E-state index >= 15 is 0 Å². The number of unbranched alkanes of at least 4 members (excludes halogenated alkanes) is 2. The van der Waals surface area contributed by atoms with Crippen LogP contribution in [-0.4, -0.2) is 35.2 Å². The van der Waals surface area contributed by atoms with Crippen LogP contribution in [0.2, 0.25) is 0 Å². The van der Waals surface area contributed by atoms with Gasteiger partial charge in [0.1, 0.15) is 0 Å². The zero-order valence-electron chi connectivity index (χ0n) is 12.6. The Hall–Kier alpha value is -0.860. The Morgan fingerprint density at radius 2 is 1.89 bits per heavy atom. The summed E-state index contributed by atoms with van der Waals surface area (Å²) >= 11 is 0. The number of aliphatic hydroxyl groups excluding tert-OH is 1. The Balaban J connectivity index is 2.32. The highest BCUT2D eigenvalue weighted by Gasteiger charge is 2.28. The van der Waals surface area contributed by atoms with Gasteiger partial charge in [-0.1, -0.05) is 56.2 Å². The van der Waals surface area contributed by atoms with Gasteiger partial charge in [0, 0.05) is 12.1 Å². The molecule has 0 amide bonds. The predicted octanol–water partition coefficient (Wildman–Crippen LogP) is 3.69. The van der Waals surface area contributed by atoms with Gasteiger partial charge in [0.05, 0.1) is 6.10 Å².